The van der Waals surface area contributed by atoms with Gasteiger partial charge in [0.2, 0.25) is 0 Å². The number of nitrogens with one attached hydrogen (secondary N) is 1. The van der Waals surface area contributed by atoms with Crippen molar-refractivity contribution in [2.45, 2.75) is 64.7 Å². The number of carbonyl (C=O) groups excluding carboxylic acids is 1. The molecule has 0 radical (unpaired) electrons. The summed E-state index contributed by atoms with van der Waals surface area (Å²) in [6, 6.07) is -0.278. The average molecular weight is 243 g/mol. The first kappa shape index (κ1) is 14.5. The SMILES string of the molecule is CC(NCC1CCCCO1)C(=O)OC(C)(C)C. The minimum absolute atomic E-state index is 0.201. The van der Waals surface area contributed by atoms with Crippen LogP contribution in [-0.2, 0) is 14.3 Å². The molecule has 4 nitrogen and oxygen atoms in total. The lowest BCUT2D eigenvalue weighted by Crippen LogP contribution is -2.43. The van der Waals surface area contributed by atoms with Gasteiger partial charge in [0.25, 0.3) is 0 Å². The maximum atomic E-state index is 11.7. The summed E-state index contributed by atoms with van der Waals surface area (Å²) in [5, 5.41) is 3.18. The molecule has 0 bridgehead atoms. The van der Waals surface area contributed by atoms with Crippen LogP contribution in [0.4, 0.5) is 0 Å². The summed E-state index contributed by atoms with van der Waals surface area (Å²) < 4.78 is 10.9. The maximum Gasteiger partial charge on any atom is 0.323 e. The molecule has 4 heteroatoms. The van der Waals surface area contributed by atoms with Crippen molar-refractivity contribution in [3.8, 4) is 0 Å². The lowest BCUT2D eigenvalue weighted by atomic mass is 10.1. The summed E-state index contributed by atoms with van der Waals surface area (Å²) in [6.07, 6.45) is 3.69. The minimum atomic E-state index is -0.422. The molecular formula is C13H25NO3. The van der Waals surface area contributed by atoms with E-state index in [1.807, 2.05) is 27.7 Å². The van der Waals surface area contributed by atoms with Gasteiger partial charge in [0, 0.05) is 13.2 Å². The normalized spacial score (nSPS) is 23.2. The van der Waals surface area contributed by atoms with E-state index in [1.54, 1.807) is 0 Å². The lowest BCUT2D eigenvalue weighted by Gasteiger charge is -2.26. The minimum Gasteiger partial charge on any atom is -0.459 e. The quantitative estimate of drug-likeness (QED) is 0.766. The van der Waals surface area contributed by atoms with E-state index < -0.39 is 5.60 Å². The Balaban J connectivity index is 2.23. The molecule has 1 rings (SSSR count). The van der Waals surface area contributed by atoms with Gasteiger partial charge in [-0.3, -0.25) is 4.79 Å². The molecule has 0 aromatic rings. The van der Waals surface area contributed by atoms with Gasteiger partial charge < -0.3 is 14.8 Å². The monoisotopic (exact) mass is 243 g/mol. The van der Waals surface area contributed by atoms with Crippen LogP contribution in [0, 0.1) is 0 Å². The fourth-order valence-corrected chi connectivity index (χ4v) is 1.75. The Morgan fingerprint density at radius 1 is 1.47 bits per heavy atom. The summed E-state index contributed by atoms with van der Waals surface area (Å²) in [5.41, 5.74) is -0.422. The Hall–Kier alpha value is -0.610. The fourth-order valence-electron chi connectivity index (χ4n) is 1.75. The van der Waals surface area contributed by atoms with Crippen LogP contribution in [-0.4, -0.2) is 36.9 Å². The van der Waals surface area contributed by atoms with E-state index in [0.29, 0.717) is 0 Å². The molecule has 17 heavy (non-hydrogen) atoms. The molecule has 1 N–H and O–H groups in total. The van der Waals surface area contributed by atoms with Crippen LogP contribution < -0.4 is 5.32 Å². The zero-order valence-corrected chi connectivity index (χ0v) is 11.4. The molecule has 0 aromatic heterocycles. The Morgan fingerprint density at radius 3 is 2.71 bits per heavy atom. The second-order valence-corrected chi connectivity index (χ2v) is 5.65. The zero-order valence-electron chi connectivity index (χ0n) is 11.4. The number of ether oxygens (including phenoxy) is 2. The van der Waals surface area contributed by atoms with E-state index in [0.717, 1.165) is 26.0 Å². The predicted molar refractivity (Wildman–Crippen MR) is 66.9 cm³/mol. The summed E-state index contributed by atoms with van der Waals surface area (Å²) >= 11 is 0. The van der Waals surface area contributed by atoms with E-state index >= 15 is 0 Å². The summed E-state index contributed by atoms with van der Waals surface area (Å²) in [6.45, 7) is 9.02. The van der Waals surface area contributed by atoms with Crippen molar-refractivity contribution in [1.29, 1.82) is 0 Å². The summed E-state index contributed by atoms with van der Waals surface area (Å²) in [7, 11) is 0. The molecule has 2 unspecified atom stereocenters. The van der Waals surface area contributed by atoms with Crippen LogP contribution in [0.2, 0.25) is 0 Å². The van der Waals surface area contributed by atoms with Gasteiger partial charge in [-0.1, -0.05) is 0 Å². The maximum absolute atomic E-state index is 11.7. The number of hydrogen-bond acceptors (Lipinski definition) is 4. The highest BCUT2D eigenvalue weighted by Gasteiger charge is 2.22. The molecule has 100 valence electrons. The van der Waals surface area contributed by atoms with Crippen LogP contribution in [0.15, 0.2) is 0 Å². The molecule has 0 saturated carbocycles. The van der Waals surface area contributed by atoms with Gasteiger partial charge in [-0.15, -0.1) is 0 Å². The van der Waals surface area contributed by atoms with Crippen LogP contribution in [0.5, 0.6) is 0 Å². The van der Waals surface area contributed by atoms with Crippen molar-refractivity contribution >= 4 is 5.97 Å². The zero-order chi connectivity index (χ0) is 12.9. The molecule has 0 aliphatic carbocycles. The predicted octanol–water partition coefficient (Wildman–Crippen LogP) is 1.88. The van der Waals surface area contributed by atoms with Crippen LogP contribution >= 0.6 is 0 Å². The smallest absolute Gasteiger partial charge is 0.323 e. The van der Waals surface area contributed by atoms with Crippen LogP contribution in [0.25, 0.3) is 0 Å². The van der Waals surface area contributed by atoms with Gasteiger partial charge in [-0.05, 0) is 47.0 Å². The van der Waals surface area contributed by atoms with Crippen molar-refractivity contribution < 1.29 is 14.3 Å². The molecule has 1 aliphatic rings. The second-order valence-electron chi connectivity index (χ2n) is 5.65. The largest absolute Gasteiger partial charge is 0.459 e. The van der Waals surface area contributed by atoms with Crippen LogP contribution in [0.3, 0.4) is 0 Å². The third kappa shape index (κ3) is 6.03. The molecule has 0 aromatic carbocycles. The summed E-state index contributed by atoms with van der Waals surface area (Å²) in [4.78, 5) is 11.7. The van der Waals surface area contributed by atoms with Crippen LogP contribution in [0.1, 0.15) is 47.0 Å². The van der Waals surface area contributed by atoms with Gasteiger partial charge in [-0.25, -0.2) is 0 Å². The highest BCUT2D eigenvalue weighted by Crippen LogP contribution is 2.12. The first-order valence-electron chi connectivity index (χ1n) is 6.46. The second kappa shape index (κ2) is 6.36. The number of esters is 1. The van der Waals surface area contributed by atoms with Gasteiger partial charge in [0.15, 0.2) is 0 Å². The van der Waals surface area contributed by atoms with Crippen molar-refractivity contribution in [2.24, 2.45) is 0 Å². The molecule has 2 atom stereocenters. The topological polar surface area (TPSA) is 47.6 Å². The number of rotatable bonds is 4. The van der Waals surface area contributed by atoms with E-state index in [4.69, 9.17) is 9.47 Å². The van der Waals surface area contributed by atoms with E-state index in [9.17, 15) is 4.79 Å². The lowest BCUT2D eigenvalue weighted by molar-refractivity contribution is -0.157. The highest BCUT2D eigenvalue weighted by molar-refractivity contribution is 5.75. The Bertz CT molecular complexity index is 242. The van der Waals surface area contributed by atoms with Crippen molar-refractivity contribution in [3.05, 3.63) is 0 Å². The van der Waals surface area contributed by atoms with Crippen molar-refractivity contribution in [1.82, 2.24) is 5.32 Å². The standard InChI is InChI=1S/C13H25NO3/c1-10(12(15)17-13(2,3)4)14-9-11-7-5-6-8-16-11/h10-11,14H,5-9H2,1-4H3. The Labute approximate surface area is 104 Å². The number of hydrogen-bond donors (Lipinski definition) is 1. The highest BCUT2D eigenvalue weighted by atomic mass is 16.6. The van der Waals surface area contributed by atoms with Gasteiger partial charge >= 0.3 is 5.97 Å². The summed E-state index contributed by atoms with van der Waals surface area (Å²) in [5.74, 6) is -0.201. The van der Waals surface area contributed by atoms with Gasteiger partial charge in [-0.2, -0.15) is 0 Å². The van der Waals surface area contributed by atoms with E-state index in [2.05, 4.69) is 5.32 Å². The van der Waals surface area contributed by atoms with Gasteiger partial charge in [0.05, 0.1) is 6.10 Å². The third-order valence-corrected chi connectivity index (χ3v) is 2.69. The molecule has 0 spiro atoms. The Morgan fingerprint density at radius 2 is 2.18 bits per heavy atom. The first-order valence-corrected chi connectivity index (χ1v) is 6.46. The van der Waals surface area contributed by atoms with Gasteiger partial charge in [0.1, 0.15) is 11.6 Å². The van der Waals surface area contributed by atoms with Crippen molar-refractivity contribution in [2.75, 3.05) is 13.2 Å². The fraction of sp³-hybridized carbons (Fsp3) is 0.923. The van der Waals surface area contributed by atoms with E-state index in [1.165, 1.54) is 6.42 Å². The van der Waals surface area contributed by atoms with E-state index in [-0.39, 0.29) is 18.1 Å². The molecular weight excluding hydrogens is 218 g/mol. The average Bonchev–Trinajstić information content (AvgIpc) is 2.25. The molecule has 1 aliphatic heterocycles. The Kier molecular flexibility index (Phi) is 5.40. The molecule has 0 amide bonds. The van der Waals surface area contributed by atoms with Crippen molar-refractivity contribution in [3.63, 3.8) is 0 Å². The molecule has 1 fully saturated rings. The third-order valence-electron chi connectivity index (χ3n) is 2.69. The number of carbonyl (C=O) groups is 1. The first-order chi connectivity index (χ1) is 7.88. The molecule has 1 saturated heterocycles. The molecule has 1 heterocycles.